The average Bonchev–Trinajstić information content (AvgIpc) is 2.83. The predicted octanol–water partition coefficient (Wildman–Crippen LogP) is 8.44. The van der Waals surface area contributed by atoms with Gasteiger partial charge in [-0.25, -0.2) is 0 Å². The first-order valence-corrected chi connectivity index (χ1v) is 14.9. The van der Waals surface area contributed by atoms with Gasteiger partial charge in [-0.2, -0.15) is 0 Å². The molecule has 6 heteroatoms. The fourth-order valence-electron chi connectivity index (χ4n) is 3.28. The Labute approximate surface area is 239 Å². The zero-order valence-corrected chi connectivity index (χ0v) is 25.0. The molecule has 2 nitrogen and oxygen atoms in total. The van der Waals surface area contributed by atoms with Gasteiger partial charge in [0.1, 0.15) is 11.5 Å². The Morgan fingerprint density at radius 3 is 1.61 bits per heavy atom. The van der Waals surface area contributed by atoms with E-state index in [9.17, 15) is 0 Å². The number of benzene rings is 4. The van der Waals surface area contributed by atoms with E-state index in [4.69, 9.17) is 9.47 Å². The highest BCUT2D eigenvalue weighted by molar-refractivity contribution is 14.1. The summed E-state index contributed by atoms with van der Waals surface area (Å²) in [5, 5.41) is 0. The van der Waals surface area contributed by atoms with Crippen LogP contribution in [0.2, 0.25) is 0 Å². The Hall–Kier alpha value is -0.980. The Morgan fingerprint density at radius 2 is 1.06 bits per heavy atom. The maximum atomic E-state index is 6.01. The molecule has 0 heterocycles. The molecule has 0 bridgehead atoms. The van der Waals surface area contributed by atoms with Crippen LogP contribution in [0.25, 0.3) is 0 Å². The summed E-state index contributed by atoms with van der Waals surface area (Å²) < 4.78 is 15.5. The molecule has 0 aromatic heterocycles. The van der Waals surface area contributed by atoms with Gasteiger partial charge >= 0.3 is 0 Å². The fraction of sp³-hybridized carbons (Fsp3) is 0.111. The van der Waals surface area contributed by atoms with E-state index >= 15 is 0 Å². The molecule has 0 saturated carbocycles. The summed E-state index contributed by atoms with van der Waals surface area (Å²) in [4.78, 5) is 3.91. The molecular weight excluding hydrogens is 769 g/mol. The second kappa shape index (κ2) is 12.6. The van der Waals surface area contributed by atoms with Crippen molar-refractivity contribution in [2.24, 2.45) is 0 Å². The van der Waals surface area contributed by atoms with Crippen LogP contribution in [0.5, 0.6) is 11.5 Å². The Bertz CT molecular complexity index is 1110. The van der Waals surface area contributed by atoms with E-state index in [0.29, 0.717) is 13.2 Å². The summed E-state index contributed by atoms with van der Waals surface area (Å²) in [6.45, 7) is 1.26. The van der Waals surface area contributed by atoms with E-state index < -0.39 is 0 Å². The SMILES string of the molecule is Ic1cc(I)c(OCCCOc2ccc([S+](c3ccccc3)c3ccccc3)cc2)c(I)c1. The lowest BCUT2D eigenvalue weighted by molar-refractivity contribution is 0.245. The molecule has 33 heavy (non-hydrogen) atoms. The predicted molar refractivity (Wildman–Crippen MR) is 162 cm³/mol. The van der Waals surface area contributed by atoms with E-state index in [1.807, 2.05) is 0 Å². The molecule has 168 valence electrons. The molecule has 4 aromatic carbocycles. The first-order chi connectivity index (χ1) is 16.1. The van der Waals surface area contributed by atoms with Crippen molar-refractivity contribution in [1.82, 2.24) is 0 Å². The van der Waals surface area contributed by atoms with Crippen molar-refractivity contribution in [3.63, 3.8) is 0 Å². The third-order valence-electron chi connectivity index (χ3n) is 4.78. The molecule has 4 rings (SSSR count). The minimum Gasteiger partial charge on any atom is -0.493 e. The lowest BCUT2D eigenvalue weighted by atomic mass is 10.3. The topological polar surface area (TPSA) is 18.5 Å². The summed E-state index contributed by atoms with van der Waals surface area (Å²) >= 11 is 7.00. The van der Waals surface area contributed by atoms with E-state index in [1.165, 1.54) is 18.3 Å². The quantitative estimate of drug-likeness (QED) is 0.0964. The largest absolute Gasteiger partial charge is 0.493 e. The van der Waals surface area contributed by atoms with Gasteiger partial charge in [-0.15, -0.1) is 0 Å². The van der Waals surface area contributed by atoms with Gasteiger partial charge in [0.25, 0.3) is 0 Å². The first kappa shape index (κ1) is 25.1. The normalized spacial score (nSPS) is 10.9. The molecule has 0 atom stereocenters. The lowest BCUT2D eigenvalue weighted by Crippen LogP contribution is -2.07. The van der Waals surface area contributed by atoms with Crippen molar-refractivity contribution in [2.75, 3.05) is 13.2 Å². The van der Waals surface area contributed by atoms with Crippen LogP contribution in [0.1, 0.15) is 6.42 Å². The van der Waals surface area contributed by atoms with E-state index in [0.717, 1.165) is 25.1 Å². The van der Waals surface area contributed by atoms with Gasteiger partial charge in [-0.05, 0) is 128 Å². The van der Waals surface area contributed by atoms with Crippen LogP contribution >= 0.6 is 67.8 Å². The van der Waals surface area contributed by atoms with Crippen LogP contribution in [-0.4, -0.2) is 13.2 Å². The summed E-state index contributed by atoms with van der Waals surface area (Å²) in [5.41, 5.74) is 0. The molecule has 0 radical (unpaired) electrons. The molecule has 0 aliphatic rings. The van der Waals surface area contributed by atoms with E-state index in [1.54, 1.807) is 0 Å². The van der Waals surface area contributed by atoms with Gasteiger partial charge in [-0.1, -0.05) is 36.4 Å². The Kier molecular flexibility index (Phi) is 9.63. The molecule has 0 spiro atoms. The van der Waals surface area contributed by atoms with Crippen LogP contribution in [0.3, 0.4) is 0 Å². The molecule has 4 aromatic rings. The second-order valence-electron chi connectivity index (χ2n) is 7.15. The number of hydrogen-bond acceptors (Lipinski definition) is 2. The molecule has 0 aliphatic carbocycles. The second-order valence-corrected chi connectivity index (χ2v) is 12.7. The van der Waals surface area contributed by atoms with Gasteiger partial charge in [0.15, 0.2) is 14.7 Å². The molecule has 0 unspecified atom stereocenters. The maximum absolute atomic E-state index is 6.01. The highest BCUT2D eigenvalue weighted by atomic mass is 127. The zero-order chi connectivity index (χ0) is 23.0. The fourth-order valence-corrected chi connectivity index (χ4v) is 9.26. The minimum absolute atomic E-state index is 0.137. The molecule has 0 amide bonds. The van der Waals surface area contributed by atoms with Crippen LogP contribution in [-0.2, 0) is 10.9 Å². The van der Waals surface area contributed by atoms with Gasteiger partial charge in [0.05, 0.1) is 31.2 Å². The van der Waals surface area contributed by atoms with E-state index in [-0.39, 0.29) is 10.9 Å². The standard InChI is InChI=1S/C27H22I3O2S/c28-20-18-25(29)27(26(30)19-20)32-17-7-16-31-21-12-14-24(15-13-21)33(22-8-3-1-4-9-22)23-10-5-2-6-11-23/h1-6,8-15,18-19H,7,16-17H2/q+1. The lowest BCUT2D eigenvalue weighted by Gasteiger charge is -2.12. The summed E-state index contributed by atoms with van der Waals surface area (Å²) in [7, 11) is -0.137. The Morgan fingerprint density at radius 1 is 0.576 bits per heavy atom. The third-order valence-corrected chi connectivity index (χ3v) is 9.24. The van der Waals surface area contributed by atoms with Crippen LogP contribution in [0.15, 0.2) is 112 Å². The molecule has 0 fully saturated rings. The van der Waals surface area contributed by atoms with Crippen molar-refractivity contribution >= 4 is 78.7 Å². The highest BCUT2D eigenvalue weighted by Gasteiger charge is 2.28. The van der Waals surface area contributed by atoms with Crippen LogP contribution in [0, 0.1) is 10.7 Å². The average molecular weight is 791 g/mol. The molecule has 0 N–H and O–H groups in total. The zero-order valence-electron chi connectivity index (χ0n) is 17.7. The van der Waals surface area contributed by atoms with Crippen molar-refractivity contribution in [2.45, 2.75) is 21.1 Å². The van der Waals surface area contributed by atoms with Gasteiger partial charge in [-0.3, -0.25) is 0 Å². The van der Waals surface area contributed by atoms with Crippen LogP contribution < -0.4 is 9.47 Å². The number of halogens is 3. The molecular formula is C27H22I3O2S+. The minimum atomic E-state index is -0.137. The smallest absolute Gasteiger partial charge is 0.166 e. The van der Waals surface area contributed by atoms with E-state index in [2.05, 4.69) is 165 Å². The van der Waals surface area contributed by atoms with Crippen molar-refractivity contribution in [3.05, 3.63) is 108 Å². The van der Waals surface area contributed by atoms with Crippen molar-refractivity contribution in [1.29, 1.82) is 0 Å². The first-order valence-electron chi connectivity index (χ1n) is 10.5. The number of ether oxygens (including phenoxy) is 2. The third kappa shape index (κ3) is 7.02. The number of hydrogen-bond donors (Lipinski definition) is 0. The van der Waals surface area contributed by atoms with Crippen molar-refractivity contribution < 1.29 is 9.47 Å². The monoisotopic (exact) mass is 791 g/mol. The van der Waals surface area contributed by atoms with Crippen LogP contribution in [0.4, 0.5) is 0 Å². The highest BCUT2D eigenvalue weighted by Crippen LogP contribution is 2.32. The van der Waals surface area contributed by atoms with Gasteiger partial charge in [0.2, 0.25) is 0 Å². The van der Waals surface area contributed by atoms with Gasteiger partial charge < -0.3 is 9.47 Å². The maximum Gasteiger partial charge on any atom is 0.166 e. The van der Waals surface area contributed by atoms with Gasteiger partial charge in [0, 0.05) is 9.99 Å². The molecule has 0 saturated heterocycles. The molecule has 0 aliphatic heterocycles. The van der Waals surface area contributed by atoms with Crippen molar-refractivity contribution in [3.8, 4) is 11.5 Å². The number of rotatable bonds is 9. The summed E-state index contributed by atoms with van der Waals surface area (Å²) in [6.07, 6.45) is 0.832. The Balaban J connectivity index is 1.36. The summed E-state index contributed by atoms with van der Waals surface area (Å²) in [6, 6.07) is 34.2. The summed E-state index contributed by atoms with van der Waals surface area (Å²) in [5.74, 6) is 1.86.